The molecule has 46 valence electrons. The van der Waals surface area contributed by atoms with Crippen molar-refractivity contribution < 1.29 is 26.8 Å². The summed E-state index contributed by atoms with van der Waals surface area (Å²) in [5.41, 5.74) is 0. The summed E-state index contributed by atoms with van der Waals surface area (Å²) < 4.78 is 0. The summed E-state index contributed by atoms with van der Waals surface area (Å²) >= 11 is 0. The molecular formula is C6H12OTi. The Balaban J connectivity index is 0.000000490. The summed E-state index contributed by atoms with van der Waals surface area (Å²) in [6.07, 6.45) is 5.92. The molecule has 0 aromatic rings. The molecule has 1 rings (SSSR count). The molecule has 0 aromatic carbocycles. The van der Waals surface area contributed by atoms with Crippen molar-refractivity contribution in [2.24, 2.45) is 0 Å². The van der Waals surface area contributed by atoms with Crippen LogP contribution in [0.1, 0.15) is 32.1 Å². The molecule has 8 heavy (non-hydrogen) atoms. The van der Waals surface area contributed by atoms with Gasteiger partial charge in [0, 0.05) is 21.7 Å². The fraction of sp³-hybridized carbons (Fsp3) is 1.00. The van der Waals surface area contributed by atoms with Crippen LogP contribution in [0, 0.1) is 0 Å². The first kappa shape index (κ1) is 8.67. The first-order chi connectivity index (χ1) is 3.39. The number of hydrogen-bond acceptors (Lipinski definition) is 1. The molecule has 0 saturated heterocycles. The number of rotatable bonds is 0. The largest absolute Gasteiger partial charge is 0.393 e. The summed E-state index contributed by atoms with van der Waals surface area (Å²) in [6.45, 7) is 0. The van der Waals surface area contributed by atoms with Crippen molar-refractivity contribution in [1.29, 1.82) is 0 Å². The van der Waals surface area contributed by atoms with Gasteiger partial charge in [-0.25, -0.2) is 0 Å². The van der Waals surface area contributed by atoms with E-state index in [0.29, 0.717) is 0 Å². The Labute approximate surface area is 65.4 Å². The van der Waals surface area contributed by atoms with E-state index in [1.807, 2.05) is 0 Å². The molecule has 0 spiro atoms. The third-order valence-corrected chi connectivity index (χ3v) is 1.57. The van der Waals surface area contributed by atoms with Gasteiger partial charge >= 0.3 is 0 Å². The molecule has 1 aliphatic carbocycles. The summed E-state index contributed by atoms with van der Waals surface area (Å²) in [5, 5.41) is 8.91. The molecule has 0 atom stereocenters. The number of aliphatic hydroxyl groups excluding tert-OH is 1. The topological polar surface area (TPSA) is 20.2 Å². The Hall–Kier alpha value is 0.674. The molecule has 0 aromatic heterocycles. The van der Waals surface area contributed by atoms with Gasteiger partial charge in [-0.05, 0) is 12.8 Å². The first-order valence-electron chi connectivity index (χ1n) is 3.07. The predicted octanol–water partition coefficient (Wildman–Crippen LogP) is 1.31. The molecule has 0 radical (unpaired) electrons. The zero-order chi connectivity index (χ0) is 5.11. The second-order valence-electron chi connectivity index (χ2n) is 2.29. The van der Waals surface area contributed by atoms with Crippen molar-refractivity contribution in [3.63, 3.8) is 0 Å². The van der Waals surface area contributed by atoms with Crippen LogP contribution in [0.2, 0.25) is 0 Å². The molecular weight excluding hydrogens is 136 g/mol. The van der Waals surface area contributed by atoms with Gasteiger partial charge in [0.2, 0.25) is 0 Å². The van der Waals surface area contributed by atoms with Crippen LogP contribution >= 0.6 is 0 Å². The Morgan fingerprint density at radius 2 is 1.50 bits per heavy atom. The van der Waals surface area contributed by atoms with Gasteiger partial charge in [0.25, 0.3) is 0 Å². The molecule has 1 nitrogen and oxygen atoms in total. The number of aliphatic hydroxyl groups is 1. The SMILES string of the molecule is OC1CCCCC1.[Ti]. The zero-order valence-corrected chi connectivity index (χ0v) is 6.62. The molecule has 1 saturated carbocycles. The van der Waals surface area contributed by atoms with E-state index in [-0.39, 0.29) is 27.8 Å². The van der Waals surface area contributed by atoms with Crippen LogP contribution in [0.4, 0.5) is 0 Å². The Kier molecular flexibility index (Phi) is 4.93. The van der Waals surface area contributed by atoms with Crippen LogP contribution in [0.15, 0.2) is 0 Å². The molecule has 1 aliphatic rings. The average molecular weight is 148 g/mol. The summed E-state index contributed by atoms with van der Waals surface area (Å²) in [4.78, 5) is 0. The van der Waals surface area contributed by atoms with Gasteiger partial charge in [-0.2, -0.15) is 0 Å². The van der Waals surface area contributed by atoms with Crippen LogP contribution in [-0.2, 0) is 21.7 Å². The van der Waals surface area contributed by atoms with Crippen LogP contribution < -0.4 is 0 Å². The van der Waals surface area contributed by atoms with E-state index in [0.717, 1.165) is 12.8 Å². The zero-order valence-electron chi connectivity index (χ0n) is 5.06. The van der Waals surface area contributed by atoms with Crippen LogP contribution in [0.25, 0.3) is 0 Å². The maximum Gasteiger partial charge on any atom is 0.0540 e. The summed E-state index contributed by atoms with van der Waals surface area (Å²) in [7, 11) is 0. The van der Waals surface area contributed by atoms with E-state index >= 15 is 0 Å². The maximum absolute atomic E-state index is 8.91. The minimum atomic E-state index is 0. The molecule has 0 aliphatic heterocycles. The quantitative estimate of drug-likeness (QED) is 0.513. The second kappa shape index (κ2) is 4.54. The van der Waals surface area contributed by atoms with Gasteiger partial charge in [-0.15, -0.1) is 0 Å². The van der Waals surface area contributed by atoms with Crippen molar-refractivity contribution in [3.05, 3.63) is 0 Å². The van der Waals surface area contributed by atoms with E-state index < -0.39 is 0 Å². The van der Waals surface area contributed by atoms with Crippen molar-refractivity contribution >= 4 is 0 Å². The molecule has 2 heteroatoms. The summed E-state index contributed by atoms with van der Waals surface area (Å²) in [5.74, 6) is 0. The molecule has 1 fully saturated rings. The van der Waals surface area contributed by atoms with Crippen LogP contribution in [0.3, 0.4) is 0 Å². The smallest absolute Gasteiger partial charge is 0.0540 e. The van der Waals surface area contributed by atoms with Crippen LogP contribution in [-0.4, -0.2) is 11.2 Å². The van der Waals surface area contributed by atoms with Crippen molar-refractivity contribution in [2.75, 3.05) is 0 Å². The van der Waals surface area contributed by atoms with Gasteiger partial charge < -0.3 is 5.11 Å². The molecule has 0 heterocycles. The van der Waals surface area contributed by atoms with E-state index in [1.54, 1.807) is 0 Å². The Morgan fingerprint density at radius 1 is 1.00 bits per heavy atom. The first-order valence-corrected chi connectivity index (χ1v) is 3.07. The molecule has 0 unspecified atom stereocenters. The fourth-order valence-electron chi connectivity index (χ4n) is 1.08. The van der Waals surface area contributed by atoms with Gasteiger partial charge in [0.05, 0.1) is 6.10 Å². The number of hydrogen-bond donors (Lipinski definition) is 1. The van der Waals surface area contributed by atoms with E-state index in [1.165, 1.54) is 19.3 Å². The fourth-order valence-corrected chi connectivity index (χ4v) is 1.08. The average Bonchev–Trinajstić information content (AvgIpc) is 1.69. The van der Waals surface area contributed by atoms with E-state index in [2.05, 4.69) is 0 Å². The van der Waals surface area contributed by atoms with E-state index in [4.69, 9.17) is 5.11 Å². The maximum atomic E-state index is 8.91. The molecule has 0 amide bonds. The van der Waals surface area contributed by atoms with Crippen LogP contribution in [0.5, 0.6) is 0 Å². The minimum Gasteiger partial charge on any atom is -0.393 e. The van der Waals surface area contributed by atoms with Crippen molar-refractivity contribution in [1.82, 2.24) is 0 Å². The molecule has 0 bridgehead atoms. The summed E-state index contributed by atoms with van der Waals surface area (Å²) in [6, 6.07) is 0. The van der Waals surface area contributed by atoms with Crippen molar-refractivity contribution in [2.45, 2.75) is 38.2 Å². The minimum absolute atomic E-state index is 0. The van der Waals surface area contributed by atoms with E-state index in [9.17, 15) is 0 Å². The van der Waals surface area contributed by atoms with Gasteiger partial charge in [-0.3, -0.25) is 0 Å². The molecule has 1 N–H and O–H groups in total. The third kappa shape index (κ3) is 2.86. The van der Waals surface area contributed by atoms with Gasteiger partial charge in [0.1, 0.15) is 0 Å². The standard InChI is InChI=1S/C6H12O.Ti/c7-6-4-2-1-3-5-6;/h6-7H,1-5H2;. The van der Waals surface area contributed by atoms with Crippen molar-refractivity contribution in [3.8, 4) is 0 Å². The third-order valence-electron chi connectivity index (χ3n) is 1.57. The normalized spacial score (nSPS) is 22.1. The van der Waals surface area contributed by atoms with Gasteiger partial charge in [0.15, 0.2) is 0 Å². The monoisotopic (exact) mass is 148 g/mol. The van der Waals surface area contributed by atoms with Gasteiger partial charge in [-0.1, -0.05) is 19.3 Å². The second-order valence-corrected chi connectivity index (χ2v) is 2.29. The Morgan fingerprint density at radius 3 is 1.75 bits per heavy atom. The predicted molar refractivity (Wildman–Crippen MR) is 29.1 cm³/mol. The Bertz CT molecular complexity index is 50.5.